The van der Waals surface area contributed by atoms with Gasteiger partial charge >= 0.3 is 0 Å². The predicted octanol–water partition coefficient (Wildman–Crippen LogP) is 4.69. The van der Waals surface area contributed by atoms with Crippen molar-refractivity contribution in [3.05, 3.63) is 107 Å². The Balaban J connectivity index is 1.46. The Morgan fingerprint density at radius 2 is 1.45 bits per heavy atom. The monoisotopic (exact) mass is 412 g/mol. The second kappa shape index (κ2) is 10.1. The first-order chi connectivity index (χ1) is 15.2. The van der Waals surface area contributed by atoms with Crippen LogP contribution in [-0.2, 0) is 24.3 Å². The van der Waals surface area contributed by atoms with Gasteiger partial charge in [-0.2, -0.15) is 0 Å². The molecule has 0 N–H and O–H groups in total. The lowest BCUT2D eigenvalue weighted by Gasteiger charge is -2.23. The minimum atomic E-state index is 0.0311. The van der Waals surface area contributed by atoms with Gasteiger partial charge in [0, 0.05) is 38.2 Å². The van der Waals surface area contributed by atoms with E-state index in [9.17, 15) is 9.59 Å². The summed E-state index contributed by atoms with van der Waals surface area (Å²) in [6, 6.07) is 28.1. The molecule has 0 spiro atoms. The fourth-order valence-corrected chi connectivity index (χ4v) is 3.99. The molecule has 0 unspecified atom stereocenters. The third kappa shape index (κ3) is 5.60. The van der Waals surface area contributed by atoms with E-state index in [0.717, 1.165) is 30.5 Å². The van der Waals surface area contributed by atoms with Crippen LogP contribution in [0.25, 0.3) is 0 Å². The summed E-state index contributed by atoms with van der Waals surface area (Å²) in [5.74, 6) is 0.249. The van der Waals surface area contributed by atoms with Gasteiger partial charge in [0.1, 0.15) is 0 Å². The second-order valence-corrected chi connectivity index (χ2v) is 8.06. The maximum Gasteiger partial charge on any atom is 0.254 e. The van der Waals surface area contributed by atoms with Crippen LogP contribution in [-0.4, -0.2) is 34.7 Å². The smallest absolute Gasteiger partial charge is 0.254 e. The van der Waals surface area contributed by atoms with Crippen LogP contribution in [0.1, 0.15) is 39.9 Å². The average molecular weight is 413 g/mol. The summed E-state index contributed by atoms with van der Waals surface area (Å²) in [5, 5.41) is 0. The molecule has 3 aromatic carbocycles. The molecule has 0 aromatic heterocycles. The molecule has 158 valence electrons. The normalized spacial score (nSPS) is 13.4. The largest absolute Gasteiger partial charge is 0.338 e. The Morgan fingerprint density at radius 3 is 2.06 bits per heavy atom. The third-order valence-corrected chi connectivity index (χ3v) is 5.76. The van der Waals surface area contributed by atoms with E-state index in [-0.39, 0.29) is 11.8 Å². The highest BCUT2D eigenvalue weighted by Gasteiger charge is 2.20. The Morgan fingerprint density at radius 1 is 0.806 bits per heavy atom. The number of nitrogens with zero attached hydrogens (tertiary/aromatic N) is 2. The van der Waals surface area contributed by atoms with Crippen LogP contribution >= 0.6 is 0 Å². The Bertz CT molecular complexity index is 1000. The fraction of sp³-hybridized carbons (Fsp3) is 0.259. The van der Waals surface area contributed by atoms with Gasteiger partial charge in [-0.05, 0) is 41.7 Å². The van der Waals surface area contributed by atoms with Crippen molar-refractivity contribution in [2.24, 2.45) is 0 Å². The van der Waals surface area contributed by atoms with Gasteiger partial charge in [-0.1, -0.05) is 72.8 Å². The SMILES string of the molecule is O=C1CCCN1Cc1ccc(C(=O)N(CCc2ccccc2)Cc2ccccc2)cc1. The van der Waals surface area contributed by atoms with Crippen LogP contribution in [0.3, 0.4) is 0 Å². The molecule has 4 rings (SSSR count). The van der Waals surface area contributed by atoms with Gasteiger partial charge in [-0.3, -0.25) is 9.59 Å². The van der Waals surface area contributed by atoms with Crippen molar-refractivity contribution in [1.82, 2.24) is 9.80 Å². The highest BCUT2D eigenvalue weighted by Crippen LogP contribution is 2.17. The van der Waals surface area contributed by atoms with Crippen LogP contribution in [0.4, 0.5) is 0 Å². The molecule has 3 aromatic rings. The molecule has 0 saturated carbocycles. The maximum atomic E-state index is 13.3. The number of carbonyl (C=O) groups excluding carboxylic acids is 2. The van der Waals surface area contributed by atoms with E-state index in [1.807, 2.05) is 70.5 Å². The molecule has 0 atom stereocenters. The standard InChI is InChI=1S/C27H28N2O2/c30-26-12-7-18-28(26)20-24-13-15-25(16-14-24)27(31)29(21-23-10-5-2-6-11-23)19-17-22-8-3-1-4-9-22/h1-6,8-11,13-16H,7,12,17-21H2. The van der Waals surface area contributed by atoms with Crippen molar-refractivity contribution < 1.29 is 9.59 Å². The second-order valence-electron chi connectivity index (χ2n) is 8.06. The highest BCUT2D eigenvalue weighted by atomic mass is 16.2. The summed E-state index contributed by atoms with van der Waals surface area (Å²) in [4.78, 5) is 29.0. The first-order valence-electron chi connectivity index (χ1n) is 10.9. The van der Waals surface area contributed by atoms with Crippen LogP contribution in [0.15, 0.2) is 84.9 Å². The van der Waals surface area contributed by atoms with E-state index >= 15 is 0 Å². The molecular weight excluding hydrogens is 384 g/mol. The van der Waals surface area contributed by atoms with E-state index in [4.69, 9.17) is 0 Å². The number of likely N-dealkylation sites (tertiary alicyclic amines) is 1. The summed E-state index contributed by atoms with van der Waals surface area (Å²) < 4.78 is 0. The summed E-state index contributed by atoms with van der Waals surface area (Å²) in [6.45, 7) is 2.68. The summed E-state index contributed by atoms with van der Waals surface area (Å²) in [5.41, 5.74) is 4.08. The Hall–Kier alpha value is -3.40. The van der Waals surface area contributed by atoms with Crippen molar-refractivity contribution in [3.8, 4) is 0 Å². The summed E-state index contributed by atoms with van der Waals surface area (Å²) in [6.07, 6.45) is 2.40. The lowest BCUT2D eigenvalue weighted by Crippen LogP contribution is -2.32. The molecule has 1 aliphatic rings. The zero-order chi connectivity index (χ0) is 21.5. The molecule has 1 aliphatic heterocycles. The highest BCUT2D eigenvalue weighted by molar-refractivity contribution is 5.94. The van der Waals surface area contributed by atoms with E-state index in [0.29, 0.717) is 31.6 Å². The Labute approximate surface area is 184 Å². The molecule has 1 saturated heterocycles. The number of amides is 2. The fourth-order valence-electron chi connectivity index (χ4n) is 3.99. The van der Waals surface area contributed by atoms with Crippen molar-refractivity contribution in [3.63, 3.8) is 0 Å². The van der Waals surface area contributed by atoms with Crippen LogP contribution in [0.2, 0.25) is 0 Å². The maximum absolute atomic E-state index is 13.3. The molecule has 31 heavy (non-hydrogen) atoms. The molecule has 1 heterocycles. The van der Waals surface area contributed by atoms with Crippen molar-refractivity contribution in [2.75, 3.05) is 13.1 Å². The van der Waals surface area contributed by atoms with E-state index in [2.05, 4.69) is 24.3 Å². The number of hydrogen-bond donors (Lipinski definition) is 0. The Kier molecular flexibility index (Phi) is 6.78. The van der Waals surface area contributed by atoms with Gasteiger partial charge in [0.05, 0.1) is 0 Å². The molecule has 0 bridgehead atoms. The molecule has 0 radical (unpaired) electrons. The van der Waals surface area contributed by atoms with Gasteiger partial charge in [-0.25, -0.2) is 0 Å². The van der Waals surface area contributed by atoms with Crippen LogP contribution < -0.4 is 0 Å². The van der Waals surface area contributed by atoms with Gasteiger partial charge in [0.2, 0.25) is 5.91 Å². The molecule has 2 amide bonds. The summed E-state index contributed by atoms with van der Waals surface area (Å²) >= 11 is 0. The quantitative estimate of drug-likeness (QED) is 0.538. The van der Waals surface area contributed by atoms with Crippen LogP contribution in [0, 0.1) is 0 Å². The van der Waals surface area contributed by atoms with Gasteiger partial charge in [0.15, 0.2) is 0 Å². The molecule has 0 aliphatic carbocycles. The van der Waals surface area contributed by atoms with Crippen LogP contribution in [0.5, 0.6) is 0 Å². The minimum absolute atomic E-state index is 0.0311. The number of carbonyl (C=O) groups is 2. The first-order valence-corrected chi connectivity index (χ1v) is 10.9. The lowest BCUT2D eigenvalue weighted by molar-refractivity contribution is -0.128. The first kappa shape index (κ1) is 20.9. The third-order valence-electron chi connectivity index (χ3n) is 5.76. The van der Waals surface area contributed by atoms with Gasteiger partial charge in [-0.15, -0.1) is 0 Å². The zero-order valence-corrected chi connectivity index (χ0v) is 17.7. The summed E-state index contributed by atoms with van der Waals surface area (Å²) in [7, 11) is 0. The lowest BCUT2D eigenvalue weighted by atomic mass is 10.1. The van der Waals surface area contributed by atoms with E-state index < -0.39 is 0 Å². The van der Waals surface area contributed by atoms with Crippen molar-refractivity contribution >= 4 is 11.8 Å². The molecule has 4 nitrogen and oxygen atoms in total. The number of benzene rings is 3. The van der Waals surface area contributed by atoms with Crippen molar-refractivity contribution in [1.29, 1.82) is 0 Å². The van der Waals surface area contributed by atoms with E-state index in [1.165, 1.54) is 5.56 Å². The van der Waals surface area contributed by atoms with Crippen molar-refractivity contribution in [2.45, 2.75) is 32.4 Å². The topological polar surface area (TPSA) is 40.6 Å². The molecule has 4 heteroatoms. The average Bonchev–Trinajstić information content (AvgIpc) is 3.22. The predicted molar refractivity (Wildman–Crippen MR) is 122 cm³/mol. The molecular formula is C27H28N2O2. The zero-order valence-electron chi connectivity index (χ0n) is 17.7. The van der Waals surface area contributed by atoms with E-state index in [1.54, 1.807) is 0 Å². The minimum Gasteiger partial charge on any atom is -0.338 e. The molecule has 1 fully saturated rings. The number of rotatable bonds is 8. The van der Waals surface area contributed by atoms with Gasteiger partial charge < -0.3 is 9.80 Å². The van der Waals surface area contributed by atoms with Gasteiger partial charge in [0.25, 0.3) is 5.91 Å². The number of hydrogen-bond acceptors (Lipinski definition) is 2.